The van der Waals surface area contributed by atoms with Crippen LogP contribution < -0.4 is 5.32 Å². The highest BCUT2D eigenvalue weighted by molar-refractivity contribution is 5.93. The van der Waals surface area contributed by atoms with Gasteiger partial charge in [-0.25, -0.2) is 4.68 Å². The summed E-state index contributed by atoms with van der Waals surface area (Å²) in [5.74, 6) is -0.184. The first-order chi connectivity index (χ1) is 10.7. The van der Waals surface area contributed by atoms with Crippen molar-refractivity contribution in [3.05, 3.63) is 77.9 Å². The third-order valence-corrected chi connectivity index (χ3v) is 3.31. The van der Waals surface area contributed by atoms with E-state index in [9.17, 15) is 4.79 Å². The molecule has 5 nitrogen and oxygen atoms in total. The summed E-state index contributed by atoms with van der Waals surface area (Å²) >= 11 is 0. The molecule has 3 rings (SSSR count). The molecule has 1 aromatic carbocycles. The lowest BCUT2D eigenvalue weighted by Gasteiger charge is -2.03. The Morgan fingerprint density at radius 3 is 2.73 bits per heavy atom. The Morgan fingerprint density at radius 1 is 1.18 bits per heavy atom. The molecule has 0 bridgehead atoms. The maximum atomic E-state index is 12.3. The molecule has 0 spiro atoms. The summed E-state index contributed by atoms with van der Waals surface area (Å²) in [5, 5.41) is 7.25. The molecule has 0 atom stereocenters. The van der Waals surface area contributed by atoms with E-state index in [1.54, 1.807) is 17.1 Å². The van der Waals surface area contributed by atoms with Gasteiger partial charge in [-0.3, -0.25) is 9.78 Å². The number of carbonyl (C=O) groups excluding carboxylic acids is 1. The van der Waals surface area contributed by atoms with Gasteiger partial charge in [0.05, 0.1) is 5.69 Å². The molecule has 1 N–H and O–H groups in total. The standard InChI is InChI=1S/C17H16N4O/c1-13-12-21(15-7-3-2-4-8-15)20-16(13)17(22)19-11-14-6-5-9-18-10-14/h2-10,12H,11H2,1H3,(H,19,22). The highest BCUT2D eigenvalue weighted by Gasteiger charge is 2.14. The van der Waals surface area contributed by atoms with E-state index in [1.807, 2.05) is 55.6 Å². The molecule has 5 heteroatoms. The van der Waals surface area contributed by atoms with Crippen molar-refractivity contribution < 1.29 is 4.79 Å². The van der Waals surface area contributed by atoms with Gasteiger partial charge in [0.15, 0.2) is 5.69 Å². The zero-order chi connectivity index (χ0) is 15.4. The number of aryl methyl sites for hydroxylation is 1. The molecule has 0 saturated heterocycles. The van der Waals surface area contributed by atoms with Gasteiger partial charge in [0.2, 0.25) is 0 Å². The summed E-state index contributed by atoms with van der Waals surface area (Å²) in [7, 11) is 0. The van der Waals surface area contributed by atoms with Gasteiger partial charge in [-0.2, -0.15) is 5.10 Å². The van der Waals surface area contributed by atoms with Crippen molar-refractivity contribution in [3.63, 3.8) is 0 Å². The Kier molecular flexibility index (Phi) is 3.96. The monoisotopic (exact) mass is 292 g/mol. The predicted octanol–water partition coefficient (Wildman–Crippen LogP) is 2.51. The van der Waals surface area contributed by atoms with Crippen LogP contribution in [0.25, 0.3) is 5.69 Å². The van der Waals surface area contributed by atoms with E-state index in [4.69, 9.17) is 0 Å². The Labute approximate surface area is 128 Å². The number of nitrogens with zero attached hydrogens (tertiary/aromatic N) is 3. The van der Waals surface area contributed by atoms with Crippen molar-refractivity contribution in [2.24, 2.45) is 0 Å². The summed E-state index contributed by atoms with van der Waals surface area (Å²) in [6, 6.07) is 13.5. The van der Waals surface area contributed by atoms with E-state index in [0.717, 1.165) is 16.8 Å². The molecular formula is C17H16N4O. The van der Waals surface area contributed by atoms with Crippen LogP contribution >= 0.6 is 0 Å². The summed E-state index contributed by atoms with van der Waals surface area (Å²) in [6.07, 6.45) is 5.29. The minimum Gasteiger partial charge on any atom is -0.346 e. The number of carbonyl (C=O) groups is 1. The number of hydrogen-bond donors (Lipinski definition) is 1. The lowest BCUT2D eigenvalue weighted by molar-refractivity contribution is 0.0945. The van der Waals surface area contributed by atoms with Crippen LogP contribution in [0.15, 0.2) is 61.1 Å². The number of hydrogen-bond acceptors (Lipinski definition) is 3. The number of rotatable bonds is 4. The summed E-state index contributed by atoms with van der Waals surface area (Å²) in [4.78, 5) is 16.3. The highest BCUT2D eigenvalue weighted by atomic mass is 16.1. The van der Waals surface area contributed by atoms with Crippen molar-refractivity contribution in [3.8, 4) is 5.69 Å². The van der Waals surface area contributed by atoms with Gasteiger partial charge in [0, 0.05) is 30.7 Å². The third-order valence-electron chi connectivity index (χ3n) is 3.31. The van der Waals surface area contributed by atoms with Crippen LogP contribution in [0, 0.1) is 6.92 Å². The fourth-order valence-electron chi connectivity index (χ4n) is 2.17. The molecule has 0 aliphatic rings. The third kappa shape index (κ3) is 3.03. The number of nitrogens with one attached hydrogen (secondary N) is 1. The number of aromatic nitrogens is 3. The molecule has 0 aliphatic heterocycles. The van der Waals surface area contributed by atoms with Crippen LogP contribution in [0.3, 0.4) is 0 Å². The minimum absolute atomic E-state index is 0.184. The fourth-order valence-corrected chi connectivity index (χ4v) is 2.17. The second-order valence-corrected chi connectivity index (χ2v) is 4.98. The van der Waals surface area contributed by atoms with Crippen LogP contribution in [-0.4, -0.2) is 20.7 Å². The first-order valence-electron chi connectivity index (χ1n) is 7.03. The number of benzene rings is 1. The van der Waals surface area contributed by atoms with Crippen molar-refractivity contribution in [1.29, 1.82) is 0 Å². The first-order valence-corrected chi connectivity index (χ1v) is 7.03. The molecule has 110 valence electrons. The lowest BCUT2D eigenvalue weighted by Crippen LogP contribution is -2.24. The largest absolute Gasteiger partial charge is 0.346 e. The Bertz CT molecular complexity index is 766. The van der Waals surface area contributed by atoms with Crippen LogP contribution in [-0.2, 0) is 6.54 Å². The molecule has 2 heterocycles. The van der Waals surface area contributed by atoms with Gasteiger partial charge in [0.25, 0.3) is 5.91 Å². The van der Waals surface area contributed by atoms with Gasteiger partial charge in [0.1, 0.15) is 0 Å². The van der Waals surface area contributed by atoms with Crippen molar-refractivity contribution in [1.82, 2.24) is 20.1 Å². The topological polar surface area (TPSA) is 59.8 Å². The van der Waals surface area contributed by atoms with Gasteiger partial charge in [-0.05, 0) is 30.7 Å². The lowest BCUT2D eigenvalue weighted by atomic mass is 10.2. The minimum atomic E-state index is -0.184. The van der Waals surface area contributed by atoms with Gasteiger partial charge in [-0.15, -0.1) is 0 Å². The van der Waals surface area contributed by atoms with Gasteiger partial charge >= 0.3 is 0 Å². The smallest absolute Gasteiger partial charge is 0.272 e. The SMILES string of the molecule is Cc1cn(-c2ccccc2)nc1C(=O)NCc1cccnc1. The van der Waals surface area contributed by atoms with Gasteiger partial charge < -0.3 is 5.32 Å². The zero-order valence-electron chi connectivity index (χ0n) is 12.2. The molecule has 2 aromatic heterocycles. The van der Waals surface area contributed by atoms with Crippen LogP contribution in [0.2, 0.25) is 0 Å². The van der Waals surface area contributed by atoms with Crippen LogP contribution in [0.5, 0.6) is 0 Å². The Balaban J connectivity index is 1.74. The van der Waals surface area contributed by atoms with E-state index in [1.165, 1.54) is 0 Å². The van der Waals surface area contributed by atoms with Crippen LogP contribution in [0.4, 0.5) is 0 Å². The Morgan fingerprint density at radius 2 is 2.00 bits per heavy atom. The highest BCUT2D eigenvalue weighted by Crippen LogP contribution is 2.11. The van der Waals surface area contributed by atoms with E-state index in [0.29, 0.717) is 12.2 Å². The second-order valence-electron chi connectivity index (χ2n) is 4.98. The molecule has 0 unspecified atom stereocenters. The van der Waals surface area contributed by atoms with Crippen molar-refractivity contribution >= 4 is 5.91 Å². The number of pyridine rings is 1. The van der Waals surface area contributed by atoms with E-state index in [2.05, 4.69) is 15.4 Å². The predicted molar refractivity (Wildman–Crippen MR) is 83.7 cm³/mol. The molecule has 0 aliphatic carbocycles. The van der Waals surface area contributed by atoms with Crippen molar-refractivity contribution in [2.45, 2.75) is 13.5 Å². The van der Waals surface area contributed by atoms with E-state index < -0.39 is 0 Å². The number of para-hydroxylation sites is 1. The molecule has 1 amide bonds. The molecule has 0 radical (unpaired) electrons. The van der Waals surface area contributed by atoms with E-state index >= 15 is 0 Å². The van der Waals surface area contributed by atoms with E-state index in [-0.39, 0.29) is 5.91 Å². The maximum absolute atomic E-state index is 12.3. The quantitative estimate of drug-likeness (QED) is 0.803. The molecule has 0 saturated carbocycles. The molecule has 3 aromatic rings. The maximum Gasteiger partial charge on any atom is 0.272 e. The summed E-state index contributed by atoms with van der Waals surface area (Å²) in [5.41, 5.74) is 3.16. The normalized spacial score (nSPS) is 10.4. The molecule has 0 fully saturated rings. The first kappa shape index (κ1) is 14.0. The fraction of sp³-hybridized carbons (Fsp3) is 0.118. The molecule has 22 heavy (non-hydrogen) atoms. The number of amides is 1. The van der Waals surface area contributed by atoms with Crippen molar-refractivity contribution in [2.75, 3.05) is 0 Å². The van der Waals surface area contributed by atoms with Crippen LogP contribution in [0.1, 0.15) is 21.6 Å². The molecular weight excluding hydrogens is 276 g/mol. The zero-order valence-corrected chi connectivity index (χ0v) is 12.2. The summed E-state index contributed by atoms with van der Waals surface area (Å²) < 4.78 is 1.72. The second kappa shape index (κ2) is 6.22. The van der Waals surface area contributed by atoms with Gasteiger partial charge in [-0.1, -0.05) is 24.3 Å². The average Bonchev–Trinajstić information content (AvgIpc) is 2.96. The Hall–Kier alpha value is -2.95. The average molecular weight is 292 g/mol. The summed E-state index contributed by atoms with van der Waals surface area (Å²) in [6.45, 7) is 2.32.